The third-order valence-electron chi connectivity index (χ3n) is 4.26. The van der Waals surface area contributed by atoms with E-state index in [1.165, 1.54) is 12.5 Å². The van der Waals surface area contributed by atoms with Crippen LogP contribution < -0.4 is 10.9 Å². The van der Waals surface area contributed by atoms with Gasteiger partial charge in [-0.05, 0) is 18.9 Å². The molecule has 0 saturated heterocycles. The predicted octanol–water partition coefficient (Wildman–Crippen LogP) is 1.77. The first-order chi connectivity index (χ1) is 12.6. The minimum absolute atomic E-state index is 0.00336. The zero-order valence-corrected chi connectivity index (χ0v) is 14.6. The van der Waals surface area contributed by atoms with Crippen molar-refractivity contribution in [1.82, 2.24) is 24.8 Å². The van der Waals surface area contributed by atoms with Crippen molar-refractivity contribution in [3.8, 4) is 0 Å². The summed E-state index contributed by atoms with van der Waals surface area (Å²) in [5.74, 6) is 0.727. The van der Waals surface area contributed by atoms with Crippen molar-refractivity contribution < 1.29 is 4.79 Å². The molecule has 2 aromatic heterocycles. The molecule has 7 nitrogen and oxygen atoms in total. The maximum atomic E-state index is 12.5. The number of rotatable bonds is 7. The van der Waals surface area contributed by atoms with E-state index in [-0.39, 0.29) is 23.9 Å². The van der Waals surface area contributed by atoms with Crippen LogP contribution in [-0.4, -0.2) is 25.4 Å². The van der Waals surface area contributed by atoms with Crippen LogP contribution in [-0.2, 0) is 17.8 Å². The van der Waals surface area contributed by atoms with Crippen LogP contribution in [0.15, 0.2) is 60.0 Å². The minimum atomic E-state index is -0.291. The Morgan fingerprint density at radius 3 is 2.81 bits per heavy atom. The summed E-state index contributed by atoms with van der Waals surface area (Å²) in [6.45, 7) is 2.68. The molecule has 0 spiro atoms. The second-order valence-electron chi connectivity index (χ2n) is 6.07. The van der Waals surface area contributed by atoms with E-state index >= 15 is 0 Å². The van der Waals surface area contributed by atoms with E-state index in [1.807, 2.05) is 48.0 Å². The second kappa shape index (κ2) is 8.24. The van der Waals surface area contributed by atoms with Gasteiger partial charge in [-0.3, -0.25) is 9.59 Å². The van der Waals surface area contributed by atoms with Gasteiger partial charge in [-0.2, -0.15) is 0 Å². The van der Waals surface area contributed by atoms with Gasteiger partial charge in [0.15, 0.2) is 0 Å². The van der Waals surface area contributed by atoms with Gasteiger partial charge in [-0.1, -0.05) is 30.3 Å². The van der Waals surface area contributed by atoms with Crippen molar-refractivity contribution in [1.29, 1.82) is 0 Å². The van der Waals surface area contributed by atoms with E-state index in [2.05, 4.69) is 20.3 Å². The van der Waals surface area contributed by atoms with E-state index in [1.54, 1.807) is 6.20 Å². The Morgan fingerprint density at radius 1 is 1.31 bits per heavy atom. The number of carbonyl (C=O) groups is 1. The molecule has 1 atom stereocenters. The highest BCUT2D eigenvalue weighted by Gasteiger charge is 2.16. The zero-order chi connectivity index (χ0) is 18.4. The molecule has 2 N–H and O–H groups in total. The first-order valence-electron chi connectivity index (χ1n) is 8.47. The standard InChI is InChI=1S/C19H21N5O2/c1-14-21-8-10-24(14)9-7-17(15-5-3-2-4-6-15)23-18(25)11-16-12-20-13-22-19(16)26/h2-6,8,10,12-13,17H,7,9,11H2,1H3,(H,23,25)(H,20,22,26). The maximum Gasteiger partial charge on any atom is 0.254 e. The van der Waals surface area contributed by atoms with Crippen LogP contribution in [0.5, 0.6) is 0 Å². The SMILES string of the molecule is Cc1nccn1CCC(NC(=O)Cc1cnc[nH]c1=O)c1ccccc1. The normalized spacial score (nSPS) is 11.9. The van der Waals surface area contributed by atoms with Crippen molar-refractivity contribution in [2.24, 2.45) is 0 Å². The molecule has 0 fully saturated rings. The molecule has 3 rings (SSSR count). The van der Waals surface area contributed by atoms with Crippen LogP contribution >= 0.6 is 0 Å². The fraction of sp³-hybridized carbons (Fsp3) is 0.263. The molecule has 0 aliphatic carbocycles. The summed E-state index contributed by atoms with van der Waals surface area (Å²) < 4.78 is 2.05. The van der Waals surface area contributed by atoms with E-state index in [0.717, 1.165) is 24.4 Å². The number of nitrogens with zero attached hydrogens (tertiary/aromatic N) is 3. The lowest BCUT2D eigenvalue weighted by Gasteiger charge is -2.20. The highest BCUT2D eigenvalue weighted by Crippen LogP contribution is 2.18. The molecule has 134 valence electrons. The molecule has 2 heterocycles. The molecule has 0 aliphatic heterocycles. The number of aromatic amines is 1. The Balaban J connectivity index is 1.71. The molecular formula is C19H21N5O2. The van der Waals surface area contributed by atoms with E-state index < -0.39 is 0 Å². The monoisotopic (exact) mass is 351 g/mol. The molecular weight excluding hydrogens is 330 g/mol. The number of aromatic nitrogens is 4. The first-order valence-corrected chi connectivity index (χ1v) is 8.47. The molecule has 0 aliphatic rings. The maximum absolute atomic E-state index is 12.5. The summed E-state index contributed by atoms with van der Waals surface area (Å²) in [4.78, 5) is 34.8. The Kier molecular flexibility index (Phi) is 5.58. The molecule has 1 amide bonds. The van der Waals surface area contributed by atoms with Crippen LogP contribution in [0.3, 0.4) is 0 Å². The van der Waals surface area contributed by atoms with Crippen molar-refractivity contribution in [2.75, 3.05) is 0 Å². The summed E-state index contributed by atoms with van der Waals surface area (Å²) in [7, 11) is 0. The number of nitrogens with one attached hydrogen (secondary N) is 2. The quantitative estimate of drug-likeness (QED) is 0.678. The summed E-state index contributed by atoms with van der Waals surface area (Å²) in [6, 6.07) is 9.66. The van der Waals surface area contributed by atoms with Crippen molar-refractivity contribution >= 4 is 5.91 Å². The molecule has 0 radical (unpaired) electrons. The zero-order valence-electron chi connectivity index (χ0n) is 14.6. The van der Waals surface area contributed by atoms with Gasteiger partial charge in [0.2, 0.25) is 5.91 Å². The van der Waals surface area contributed by atoms with Gasteiger partial charge < -0.3 is 14.9 Å². The van der Waals surface area contributed by atoms with E-state index in [9.17, 15) is 9.59 Å². The third kappa shape index (κ3) is 4.44. The Labute approximate surface area is 151 Å². The lowest BCUT2D eigenvalue weighted by Crippen LogP contribution is -2.32. The number of carbonyl (C=O) groups excluding carboxylic acids is 1. The highest BCUT2D eigenvalue weighted by molar-refractivity contribution is 5.78. The minimum Gasteiger partial charge on any atom is -0.349 e. The fourth-order valence-electron chi connectivity index (χ4n) is 2.83. The Bertz CT molecular complexity index is 917. The van der Waals surface area contributed by atoms with Crippen LogP contribution in [0.2, 0.25) is 0 Å². The average Bonchev–Trinajstić information content (AvgIpc) is 3.06. The molecule has 7 heteroatoms. The van der Waals surface area contributed by atoms with Crippen molar-refractivity contribution in [2.45, 2.75) is 32.4 Å². The molecule has 3 aromatic rings. The number of hydrogen-bond donors (Lipinski definition) is 2. The summed E-state index contributed by atoms with van der Waals surface area (Å²) in [5, 5.41) is 3.04. The Morgan fingerprint density at radius 2 is 2.12 bits per heavy atom. The molecule has 0 bridgehead atoms. The van der Waals surface area contributed by atoms with Crippen LogP contribution in [0.25, 0.3) is 0 Å². The van der Waals surface area contributed by atoms with Gasteiger partial charge in [0.05, 0.1) is 18.8 Å². The Hall–Kier alpha value is -3.22. The fourth-order valence-corrected chi connectivity index (χ4v) is 2.83. The highest BCUT2D eigenvalue weighted by atomic mass is 16.2. The summed E-state index contributed by atoms with van der Waals surface area (Å²) >= 11 is 0. The smallest absolute Gasteiger partial charge is 0.254 e. The van der Waals surface area contributed by atoms with Gasteiger partial charge in [0.1, 0.15) is 5.82 Å². The average molecular weight is 351 g/mol. The molecule has 0 saturated carbocycles. The number of hydrogen-bond acceptors (Lipinski definition) is 4. The lowest BCUT2D eigenvalue weighted by atomic mass is 10.0. The van der Waals surface area contributed by atoms with E-state index in [0.29, 0.717) is 5.56 Å². The first kappa shape index (κ1) is 17.6. The van der Waals surface area contributed by atoms with Gasteiger partial charge in [-0.25, -0.2) is 9.97 Å². The molecule has 1 aromatic carbocycles. The number of benzene rings is 1. The number of amides is 1. The lowest BCUT2D eigenvalue weighted by molar-refractivity contribution is -0.121. The largest absolute Gasteiger partial charge is 0.349 e. The van der Waals surface area contributed by atoms with Crippen LogP contribution in [0.4, 0.5) is 0 Å². The van der Waals surface area contributed by atoms with Crippen LogP contribution in [0.1, 0.15) is 29.4 Å². The molecule has 26 heavy (non-hydrogen) atoms. The predicted molar refractivity (Wildman–Crippen MR) is 97.5 cm³/mol. The van der Waals surface area contributed by atoms with Gasteiger partial charge >= 0.3 is 0 Å². The van der Waals surface area contributed by atoms with Gasteiger partial charge in [0, 0.05) is 30.7 Å². The molecule has 1 unspecified atom stereocenters. The summed E-state index contributed by atoms with van der Waals surface area (Å²) in [5.41, 5.74) is 1.08. The van der Waals surface area contributed by atoms with Gasteiger partial charge in [0.25, 0.3) is 5.56 Å². The van der Waals surface area contributed by atoms with Crippen LogP contribution in [0, 0.1) is 6.92 Å². The van der Waals surface area contributed by atoms with Crippen molar-refractivity contribution in [3.05, 3.63) is 82.6 Å². The number of aryl methyl sites for hydroxylation is 2. The number of H-pyrrole nitrogens is 1. The van der Waals surface area contributed by atoms with E-state index in [4.69, 9.17) is 0 Å². The topological polar surface area (TPSA) is 92.7 Å². The summed E-state index contributed by atoms with van der Waals surface area (Å²) in [6.07, 6.45) is 7.14. The van der Waals surface area contributed by atoms with Crippen molar-refractivity contribution in [3.63, 3.8) is 0 Å². The van der Waals surface area contributed by atoms with Gasteiger partial charge in [-0.15, -0.1) is 0 Å². The third-order valence-corrected chi connectivity index (χ3v) is 4.26. The second-order valence-corrected chi connectivity index (χ2v) is 6.07. The number of imidazole rings is 1.